The van der Waals surface area contributed by atoms with E-state index in [0.29, 0.717) is 18.7 Å². The van der Waals surface area contributed by atoms with Gasteiger partial charge in [0.2, 0.25) is 11.9 Å². The van der Waals surface area contributed by atoms with Gasteiger partial charge < -0.3 is 0 Å². The van der Waals surface area contributed by atoms with Crippen molar-refractivity contribution in [1.29, 1.82) is 0 Å². The molecule has 3 rings (SSSR count). The van der Waals surface area contributed by atoms with E-state index in [9.17, 15) is 9.59 Å². The summed E-state index contributed by atoms with van der Waals surface area (Å²) in [4.78, 5) is 30.5. The maximum absolute atomic E-state index is 12.1. The predicted octanol–water partition coefficient (Wildman–Crippen LogP) is 1.24. The third kappa shape index (κ3) is 2.16. The third-order valence-corrected chi connectivity index (χ3v) is 3.13. The van der Waals surface area contributed by atoms with E-state index >= 15 is 0 Å². The molecule has 6 heteroatoms. The molecule has 1 aliphatic heterocycles. The van der Waals surface area contributed by atoms with Crippen molar-refractivity contribution in [2.75, 3.05) is 16.6 Å². The Balaban J connectivity index is 2.05. The highest BCUT2D eigenvalue weighted by molar-refractivity contribution is 5.97. The molecule has 102 valence electrons. The van der Waals surface area contributed by atoms with Gasteiger partial charge in [-0.05, 0) is 19.1 Å². The van der Waals surface area contributed by atoms with Gasteiger partial charge in [-0.3, -0.25) is 19.6 Å². The minimum Gasteiger partial charge on any atom is -0.291 e. The highest BCUT2D eigenvalue weighted by Gasteiger charge is 2.32. The first-order chi connectivity index (χ1) is 9.65. The normalized spacial score (nSPS) is 14.9. The lowest BCUT2D eigenvalue weighted by Crippen LogP contribution is -2.41. The van der Waals surface area contributed by atoms with Crippen LogP contribution in [0.5, 0.6) is 0 Å². The van der Waals surface area contributed by atoms with Crippen LogP contribution in [0.3, 0.4) is 0 Å². The average Bonchev–Trinajstić information content (AvgIpc) is 2.80. The van der Waals surface area contributed by atoms with Crippen LogP contribution in [0.2, 0.25) is 0 Å². The number of carbonyl (C=O) groups excluding carboxylic acids is 1. The molecule has 1 amide bonds. The Labute approximate surface area is 115 Å². The first-order valence-corrected chi connectivity index (χ1v) is 6.38. The SMILES string of the molecule is Cc1cc(=O)[nH]c(N2C(=O)CCN2c2ccccc2)n1. The van der Waals surface area contributed by atoms with E-state index in [1.54, 1.807) is 6.92 Å². The summed E-state index contributed by atoms with van der Waals surface area (Å²) in [6, 6.07) is 11.0. The van der Waals surface area contributed by atoms with Gasteiger partial charge in [-0.1, -0.05) is 18.2 Å². The molecule has 0 saturated carbocycles. The van der Waals surface area contributed by atoms with Crippen LogP contribution in [0, 0.1) is 6.92 Å². The number of H-pyrrole nitrogens is 1. The van der Waals surface area contributed by atoms with Crippen molar-refractivity contribution in [2.45, 2.75) is 13.3 Å². The van der Waals surface area contributed by atoms with Gasteiger partial charge in [0.05, 0.1) is 5.69 Å². The minimum absolute atomic E-state index is 0.0809. The molecule has 1 aliphatic rings. The van der Waals surface area contributed by atoms with Crippen LogP contribution in [0.1, 0.15) is 12.1 Å². The maximum atomic E-state index is 12.1. The fourth-order valence-electron chi connectivity index (χ4n) is 2.28. The lowest BCUT2D eigenvalue weighted by molar-refractivity contribution is -0.117. The largest absolute Gasteiger partial charge is 0.291 e. The smallest absolute Gasteiger partial charge is 0.252 e. The van der Waals surface area contributed by atoms with Crippen LogP contribution < -0.4 is 15.6 Å². The Morgan fingerprint density at radius 2 is 1.95 bits per heavy atom. The molecule has 1 saturated heterocycles. The Bertz CT molecular complexity index is 696. The number of amides is 1. The number of nitrogens with zero attached hydrogens (tertiary/aromatic N) is 3. The lowest BCUT2D eigenvalue weighted by Gasteiger charge is -2.28. The van der Waals surface area contributed by atoms with Gasteiger partial charge in [-0.2, -0.15) is 5.01 Å². The van der Waals surface area contributed by atoms with E-state index in [1.165, 1.54) is 11.1 Å². The van der Waals surface area contributed by atoms with E-state index in [4.69, 9.17) is 0 Å². The van der Waals surface area contributed by atoms with Crippen molar-refractivity contribution < 1.29 is 4.79 Å². The second-order valence-corrected chi connectivity index (χ2v) is 4.62. The molecule has 1 N–H and O–H groups in total. The second-order valence-electron chi connectivity index (χ2n) is 4.62. The zero-order valence-electron chi connectivity index (χ0n) is 11.0. The quantitative estimate of drug-likeness (QED) is 0.891. The molecule has 1 aromatic carbocycles. The first-order valence-electron chi connectivity index (χ1n) is 6.38. The van der Waals surface area contributed by atoms with E-state index in [-0.39, 0.29) is 17.4 Å². The molecular formula is C14H14N4O2. The summed E-state index contributed by atoms with van der Waals surface area (Å²) in [5, 5.41) is 3.25. The van der Waals surface area contributed by atoms with Crippen LogP contribution in [0.15, 0.2) is 41.2 Å². The maximum Gasteiger partial charge on any atom is 0.252 e. The monoisotopic (exact) mass is 270 g/mol. The molecule has 0 radical (unpaired) electrons. The summed E-state index contributed by atoms with van der Waals surface area (Å²) in [5.41, 5.74) is 1.21. The molecule has 2 heterocycles. The summed E-state index contributed by atoms with van der Waals surface area (Å²) in [6.45, 7) is 2.30. The molecule has 0 aliphatic carbocycles. The number of hydrogen-bond donors (Lipinski definition) is 1. The Hall–Kier alpha value is -2.63. The minimum atomic E-state index is -0.264. The van der Waals surface area contributed by atoms with Crippen LogP contribution in [0.25, 0.3) is 0 Å². The number of hydrogen-bond acceptors (Lipinski definition) is 4. The molecule has 0 atom stereocenters. The van der Waals surface area contributed by atoms with Crippen molar-refractivity contribution in [3.63, 3.8) is 0 Å². The number of rotatable bonds is 2. The zero-order valence-corrected chi connectivity index (χ0v) is 11.0. The number of carbonyl (C=O) groups is 1. The Kier molecular flexibility index (Phi) is 2.98. The predicted molar refractivity (Wildman–Crippen MR) is 75.5 cm³/mol. The third-order valence-electron chi connectivity index (χ3n) is 3.13. The van der Waals surface area contributed by atoms with E-state index in [2.05, 4.69) is 9.97 Å². The fraction of sp³-hybridized carbons (Fsp3) is 0.214. The fourth-order valence-corrected chi connectivity index (χ4v) is 2.28. The number of aromatic nitrogens is 2. The van der Waals surface area contributed by atoms with Gasteiger partial charge >= 0.3 is 0 Å². The van der Waals surface area contributed by atoms with E-state index < -0.39 is 0 Å². The topological polar surface area (TPSA) is 69.3 Å². The molecule has 20 heavy (non-hydrogen) atoms. The highest BCUT2D eigenvalue weighted by Crippen LogP contribution is 2.25. The molecule has 0 spiro atoms. The van der Waals surface area contributed by atoms with E-state index in [0.717, 1.165) is 5.69 Å². The summed E-state index contributed by atoms with van der Waals surface area (Å²) < 4.78 is 0. The zero-order chi connectivity index (χ0) is 14.1. The summed E-state index contributed by atoms with van der Waals surface area (Å²) >= 11 is 0. The van der Waals surface area contributed by atoms with Crippen molar-refractivity contribution in [3.8, 4) is 0 Å². The van der Waals surface area contributed by atoms with Crippen molar-refractivity contribution >= 4 is 17.5 Å². The van der Waals surface area contributed by atoms with Crippen molar-refractivity contribution in [2.24, 2.45) is 0 Å². The number of nitrogens with one attached hydrogen (secondary N) is 1. The molecule has 0 unspecified atom stereocenters. The first kappa shape index (κ1) is 12.4. The van der Waals surface area contributed by atoms with Gasteiger partial charge in [0.25, 0.3) is 5.56 Å². The summed E-state index contributed by atoms with van der Waals surface area (Å²) in [5.74, 6) is 0.184. The molecule has 1 aromatic heterocycles. The Morgan fingerprint density at radius 3 is 2.65 bits per heavy atom. The van der Waals surface area contributed by atoms with Crippen molar-refractivity contribution in [1.82, 2.24) is 9.97 Å². The average molecular weight is 270 g/mol. The van der Waals surface area contributed by atoms with Gasteiger partial charge in [-0.15, -0.1) is 0 Å². The van der Waals surface area contributed by atoms with Gasteiger partial charge in [-0.25, -0.2) is 4.98 Å². The molecule has 0 bridgehead atoms. The second kappa shape index (κ2) is 4.80. The van der Waals surface area contributed by atoms with Crippen LogP contribution >= 0.6 is 0 Å². The number of hydrazine groups is 1. The van der Waals surface area contributed by atoms with Crippen LogP contribution in [-0.2, 0) is 4.79 Å². The number of anilines is 2. The van der Waals surface area contributed by atoms with Gasteiger partial charge in [0.1, 0.15) is 0 Å². The van der Waals surface area contributed by atoms with Gasteiger partial charge in [0.15, 0.2) is 0 Å². The standard InChI is InChI=1S/C14H14N4O2/c1-10-9-12(19)16-14(15-10)18-13(20)7-8-17(18)11-5-3-2-4-6-11/h2-6,9H,7-8H2,1H3,(H,15,16,19). The Morgan fingerprint density at radius 1 is 1.20 bits per heavy atom. The van der Waals surface area contributed by atoms with Crippen molar-refractivity contribution in [3.05, 3.63) is 52.4 Å². The molecule has 2 aromatic rings. The molecular weight excluding hydrogens is 256 g/mol. The number of aryl methyl sites for hydroxylation is 1. The van der Waals surface area contributed by atoms with Gasteiger partial charge in [0, 0.05) is 24.7 Å². The number of para-hydroxylation sites is 1. The lowest BCUT2D eigenvalue weighted by atomic mass is 10.3. The molecule has 6 nitrogen and oxygen atoms in total. The van der Waals surface area contributed by atoms with E-state index in [1.807, 2.05) is 35.3 Å². The molecule has 1 fully saturated rings. The highest BCUT2D eigenvalue weighted by atomic mass is 16.2. The summed E-state index contributed by atoms with van der Waals surface area (Å²) in [6.07, 6.45) is 0.395. The van der Waals surface area contributed by atoms with Crippen LogP contribution in [-0.4, -0.2) is 22.4 Å². The van der Waals surface area contributed by atoms with Crippen LogP contribution in [0.4, 0.5) is 11.6 Å². The number of aromatic amines is 1. The summed E-state index contributed by atoms with van der Waals surface area (Å²) in [7, 11) is 0. The number of benzene rings is 1.